The first-order valence-electron chi connectivity index (χ1n) is 4.15. The summed E-state index contributed by atoms with van der Waals surface area (Å²) in [6.07, 6.45) is -20.3. The molecule has 0 aliphatic heterocycles. The van der Waals surface area contributed by atoms with Crippen LogP contribution in [0.1, 0.15) is 13.3 Å². The van der Waals surface area contributed by atoms with Crippen LogP contribution in [0.5, 0.6) is 0 Å². The monoisotopic (exact) mass is 278 g/mol. The van der Waals surface area contributed by atoms with E-state index in [0.717, 1.165) is 6.92 Å². The van der Waals surface area contributed by atoms with Gasteiger partial charge in [0, 0.05) is 6.61 Å². The van der Waals surface area contributed by atoms with E-state index in [0.29, 0.717) is 0 Å². The third kappa shape index (κ3) is 2.78. The molecule has 0 aliphatic rings. The Hall–Kier alpha value is -0.670. The lowest BCUT2D eigenvalue weighted by Crippen LogP contribution is -2.67. The van der Waals surface area contributed by atoms with Gasteiger partial charge >= 0.3 is 24.1 Å². The van der Waals surface area contributed by atoms with Crippen molar-refractivity contribution in [2.24, 2.45) is 0 Å². The smallest absolute Gasteiger partial charge is 0.351 e. The average molecular weight is 278 g/mol. The fourth-order valence-corrected chi connectivity index (χ4v) is 0.983. The van der Waals surface area contributed by atoms with Crippen LogP contribution in [0.25, 0.3) is 0 Å². The van der Waals surface area contributed by atoms with E-state index in [4.69, 9.17) is 0 Å². The Balaban J connectivity index is 5.75. The maximum atomic E-state index is 12.1. The average Bonchev–Trinajstić information content (AvgIpc) is 1.96. The van der Waals surface area contributed by atoms with E-state index in [1.807, 2.05) is 0 Å². The van der Waals surface area contributed by atoms with Crippen LogP contribution in [0.3, 0.4) is 0 Å². The van der Waals surface area contributed by atoms with E-state index in [-0.39, 0.29) is 0 Å². The zero-order chi connectivity index (χ0) is 14.1. The molecule has 0 amide bonds. The van der Waals surface area contributed by atoms with Gasteiger partial charge in [-0.3, -0.25) is 0 Å². The third-order valence-electron chi connectivity index (χ3n) is 1.72. The molecular formula is C7H7F9O. The van der Waals surface area contributed by atoms with E-state index in [1.165, 1.54) is 0 Å². The van der Waals surface area contributed by atoms with E-state index < -0.39 is 37.2 Å². The standard InChI is InChI=1S/C7H7F9O/c1-2-3-17-4(5(8,9)10,6(11,12)13)7(14,15)16/h2-3H2,1H3. The summed E-state index contributed by atoms with van der Waals surface area (Å²) in [7, 11) is 0. The molecule has 0 fully saturated rings. The first kappa shape index (κ1) is 16.3. The van der Waals surface area contributed by atoms with Crippen LogP contribution in [0, 0.1) is 0 Å². The molecule has 0 spiro atoms. The predicted octanol–water partition coefficient (Wildman–Crippen LogP) is 3.84. The Bertz CT molecular complexity index is 212. The number of alkyl halides is 9. The zero-order valence-electron chi connectivity index (χ0n) is 8.22. The molecule has 10 heteroatoms. The van der Waals surface area contributed by atoms with Crippen LogP contribution in [0.4, 0.5) is 39.5 Å². The molecule has 0 aromatic heterocycles. The molecule has 0 atom stereocenters. The summed E-state index contributed by atoms with van der Waals surface area (Å²) in [6, 6.07) is 0. The van der Waals surface area contributed by atoms with Crippen molar-refractivity contribution >= 4 is 0 Å². The minimum atomic E-state index is -6.64. The predicted molar refractivity (Wildman–Crippen MR) is 37.1 cm³/mol. The molecule has 0 saturated heterocycles. The summed E-state index contributed by atoms with van der Waals surface area (Å²) < 4.78 is 112. The van der Waals surface area contributed by atoms with E-state index in [2.05, 4.69) is 4.74 Å². The molecule has 104 valence electrons. The highest BCUT2D eigenvalue weighted by molar-refractivity contribution is 5.02. The first-order valence-corrected chi connectivity index (χ1v) is 4.15. The van der Waals surface area contributed by atoms with Crippen molar-refractivity contribution in [3.63, 3.8) is 0 Å². The second-order valence-electron chi connectivity index (χ2n) is 3.02. The Morgan fingerprint density at radius 2 is 1.00 bits per heavy atom. The van der Waals surface area contributed by atoms with E-state index in [9.17, 15) is 39.5 Å². The molecular weight excluding hydrogens is 271 g/mol. The molecule has 0 radical (unpaired) electrons. The van der Waals surface area contributed by atoms with Gasteiger partial charge in [0.2, 0.25) is 0 Å². The molecule has 0 bridgehead atoms. The Labute approximate surface area is 89.5 Å². The quantitative estimate of drug-likeness (QED) is 0.713. The number of halogens is 9. The molecule has 0 heterocycles. The molecule has 0 aliphatic carbocycles. The number of ether oxygens (including phenoxy) is 1. The highest BCUT2D eigenvalue weighted by Gasteiger charge is 2.85. The van der Waals surface area contributed by atoms with Crippen molar-refractivity contribution < 1.29 is 44.3 Å². The second-order valence-corrected chi connectivity index (χ2v) is 3.02. The number of rotatable bonds is 3. The van der Waals surface area contributed by atoms with Crippen molar-refractivity contribution in [3.8, 4) is 0 Å². The molecule has 1 nitrogen and oxygen atoms in total. The van der Waals surface area contributed by atoms with Crippen molar-refractivity contribution in [2.75, 3.05) is 6.61 Å². The molecule has 0 aromatic carbocycles. The van der Waals surface area contributed by atoms with Gasteiger partial charge in [-0.25, -0.2) is 0 Å². The van der Waals surface area contributed by atoms with Crippen molar-refractivity contribution in [3.05, 3.63) is 0 Å². The summed E-state index contributed by atoms with van der Waals surface area (Å²) in [5.74, 6) is 0. The third-order valence-corrected chi connectivity index (χ3v) is 1.72. The van der Waals surface area contributed by atoms with Crippen LogP contribution in [-0.2, 0) is 4.74 Å². The lowest BCUT2D eigenvalue weighted by atomic mass is 10.0. The minimum absolute atomic E-state index is 0.427. The topological polar surface area (TPSA) is 9.23 Å². The zero-order valence-corrected chi connectivity index (χ0v) is 8.22. The highest BCUT2D eigenvalue weighted by atomic mass is 19.4. The van der Waals surface area contributed by atoms with Gasteiger partial charge in [-0.2, -0.15) is 39.5 Å². The fraction of sp³-hybridized carbons (Fsp3) is 1.00. The second kappa shape index (κ2) is 4.54. The van der Waals surface area contributed by atoms with Crippen molar-refractivity contribution in [1.29, 1.82) is 0 Å². The van der Waals surface area contributed by atoms with Crippen molar-refractivity contribution in [1.82, 2.24) is 0 Å². The SMILES string of the molecule is CCCOC(C(F)(F)F)(C(F)(F)F)C(F)(F)F. The molecule has 17 heavy (non-hydrogen) atoms. The highest BCUT2D eigenvalue weighted by Crippen LogP contribution is 2.54. The maximum Gasteiger partial charge on any atom is 0.435 e. The van der Waals surface area contributed by atoms with Gasteiger partial charge in [0.25, 0.3) is 0 Å². The van der Waals surface area contributed by atoms with Crippen LogP contribution in [-0.4, -0.2) is 30.7 Å². The van der Waals surface area contributed by atoms with Gasteiger partial charge in [-0.15, -0.1) is 0 Å². The van der Waals surface area contributed by atoms with Crippen LogP contribution in [0.2, 0.25) is 0 Å². The number of hydrogen-bond donors (Lipinski definition) is 0. The molecule has 0 unspecified atom stereocenters. The summed E-state index contributed by atoms with van der Waals surface area (Å²) in [5, 5.41) is 0. The molecule has 0 rings (SSSR count). The van der Waals surface area contributed by atoms with Gasteiger partial charge in [0.15, 0.2) is 0 Å². The van der Waals surface area contributed by atoms with Gasteiger partial charge in [-0.05, 0) is 6.42 Å². The molecule has 0 N–H and O–H groups in total. The van der Waals surface area contributed by atoms with Crippen molar-refractivity contribution in [2.45, 2.75) is 37.5 Å². The summed E-state index contributed by atoms with van der Waals surface area (Å²) in [5.41, 5.74) is -6.14. The Morgan fingerprint density at radius 3 is 1.18 bits per heavy atom. The minimum Gasteiger partial charge on any atom is -0.351 e. The van der Waals surface area contributed by atoms with Gasteiger partial charge < -0.3 is 4.74 Å². The van der Waals surface area contributed by atoms with Gasteiger partial charge in [-0.1, -0.05) is 6.92 Å². The lowest BCUT2D eigenvalue weighted by molar-refractivity contribution is -0.457. The summed E-state index contributed by atoms with van der Waals surface area (Å²) >= 11 is 0. The van der Waals surface area contributed by atoms with Gasteiger partial charge in [0.05, 0.1) is 0 Å². The summed E-state index contributed by atoms with van der Waals surface area (Å²) in [4.78, 5) is 0. The fourth-order valence-electron chi connectivity index (χ4n) is 0.983. The first-order chi connectivity index (χ1) is 7.31. The molecule has 0 aromatic rings. The van der Waals surface area contributed by atoms with E-state index >= 15 is 0 Å². The van der Waals surface area contributed by atoms with Crippen LogP contribution in [0.15, 0.2) is 0 Å². The van der Waals surface area contributed by atoms with Crippen LogP contribution >= 0.6 is 0 Å². The number of hydrogen-bond acceptors (Lipinski definition) is 1. The Kier molecular flexibility index (Phi) is 4.36. The van der Waals surface area contributed by atoms with Crippen LogP contribution < -0.4 is 0 Å². The largest absolute Gasteiger partial charge is 0.435 e. The summed E-state index contributed by atoms with van der Waals surface area (Å²) in [6.45, 7) is -0.244. The Morgan fingerprint density at radius 1 is 0.706 bits per heavy atom. The normalized spacial score (nSPS) is 15.2. The molecule has 0 saturated carbocycles. The lowest BCUT2D eigenvalue weighted by Gasteiger charge is -2.37. The van der Waals surface area contributed by atoms with E-state index in [1.54, 1.807) is 0 Å². The maximum absolute atomic E-state index is 12.1. The van der Waals surface area contributed by atoms with Gasteiger partial charge in [0.1, 0.15) is 0 Å².